The number of halogens is 1. The van der Waals surface area contributed by atoms with Crippen LogP contribution in [0.2, 0.25) is 5.02 Å². The summed E-state index contributed by atoms with van der Waals surface area (Å²) in [5.41, 5.74) is 0.479. The van der Waals surface area contributed by atoms with Gasteiger partial charge < -0.3 is 20.7 Å². The van der Waals surface area contributed by atoms with Crippen molar-refractivity contribution in [2.75, 3.05) is 33.3 Å². The Hall–Kier alpha value is -1.79. The van der Waals surface area contributed by atoms with E-state index in [2.05, 4.69) is 34.8 Å². The molecule has 6 nitrogen and oxygen atoms in total. The SMILES string of the molecule is CCOC(CCNC(=NC)NCCNC(=O)c1ccccc1Cl)C(C)C. The monoisotopic (exact) mass is 382 g/mol. The van der Waals surface area contributed by atoms with Gasteiger partial charge in [0.1, 0.15) is 0 Å². The van der Waals surface area contributed by atoms with Crippen LogP contribution in [-0.4, -0.2) is 51.3 Å². The molecule has 1 amide bonds. The molecular weight excluding hydrogens is 352 g/mol. The summed E-state index contributed by atoms with van der Waals surface area (Å²) >= 11 is 6.02. The molecule has 0 spiro atoms. The third kappa shape index (κ3) is 8.06. The zero-order valence-corrected chi connectivity index (χ0v) is 16.9. The summed E-state index contributed by atoms with van der Waals surface area (Å²) in [6.45, 7) is 8.87. The minimum absolute atomic E-state index is 0.183. The molecule has 1 rings (SSSR count). The van der Waals surface area contributed by atoms with Crippen molar-refractivity contribution < 1.29 is 9.53 Å². The summed E-state index contributed by atoms with van der Waals surface area (Å²) in [5.74, 6) is 1.000. The fourth-order valence-electron chi connectivity index (χ4n) is 2.47. The molecule has 1 aromatic carbocycles. The Morgan fingerprint density at radius 3 is 2.42 bits per heavy atom. The Morgan fingerprint density at radius 1 is 1.15 bits per heavy atom. The Morgan fingerprint density at radius 2 is 1.81 bits per heavy atom. The van der Waals surface area contributed by atoms with Gasteiger partial charge in [-0.25, -0.2) is 0 Å². The van der Waals surface area contributed by atoms with Crippen molar-refractivity contribution in [3.05, 3.63) is 34.9 Å². The lowest BCUT2D eigenvalue weighted by molar-refractivity contribution is 0.0258. The van der Waals surface area contributed by atoms with Crippen LogP contribution in [0, 0.1) is 5.92 Å². The Labute approximate surface area is 161 Å². The number of carbonyl (C=O) groups excluding carboxylic acids is 1. The summed E-state index contributed by atoms with van der Waals surface area (Å²) in [7, 11) is 1.72. The molecule has 3 N–H and O–H groups in total. The Kier molecular flexibility index (Phi) is 10.7. The number of aliphatic imine (C=N–C) groups is 1. The molecule has 0 saturated heterocycles. The number of carbonyl (C=O) groups is 1. The van der Waals surface area contributed by atoms with E-state index in [1.54, 1.807) is 31.3 Å². The number of rotatable bonds is 10. The van der Waals surface area contributed by atoms with Crippen molar-refractivity contribution in [2.45, 2.75) is 33.3 Å². The van der Waals surface area contributed by atoms with E-state index in [-0.39, 0.29) is 12.0 Å². The number of benzene rings is 1. The predicted octanol–water partition coefficient (Wildman–Crippen LogP) is 2.69. The van der Waals surface area contributed by atoms with E-state index in [9.17, 15) is 4.79 Å². The molecule has 1 aromatic rings. The highest BCUT2D eigenvalue weighted by molar-refractivity contribution is 6.33. The van der Waals surface area contributed by atoms with Crippen molar-refractivity contribution >= 4 is 23.5 Å². The molecule has 0 aliphatic heterocycles. The molecule has 0 aromatic heterocycles. The highest BCUT2D eigenvalue weighted by atomic mass is 35.5. The first-order valence-electron chi connectivity index (χ1n) is 9.08. The lowest BCUT2D eigenvalue weighted by Gasteiger charge is -2.21. The van der Waals surface area contributed by atoms with Crippen LogP contribution < -0.4 is 16.0 Å². The van der Waals surface area contributed by atoms with Gasteiger partial charge in [-0.2, -0.15) is 0 Å². The first-order chi connectivity index (χ1) is 12.5. The predicted molar refractivity (Wildman–Crippen MR) is 108 cm³/mol. The van der Waals surface area contributed by atoms with E-state index < -0.39 is 0 Å². The second-order valence-electron chi connectivity index (χ2n) is 6.19. The maximum absolute atomic E-state index is 12.1. The fourth-order valence-corrected chi connectivity index (χ4v) is 2.70. The lowest BCUT2D eigenvalue weighted by Crippen LogP contribution is -2.42. The molecule has 0 fully saturated rings. The van der Waals surface area contributed by atoms with Crippen molar-refractivity contribution in [3.8, 4) is 0 Å². The third-order valence-electron chi connectivity index (χ3n) is 3.89. The van der Waals surface area contributed by atoms with Gasteiger partial charge in [0.15, 0.2) is 5.96 Å². The van der Waals surface area contributed by atoms with Crippen LogP contribution in [0.1, 0.15) is 37.6 Å². The van der Waals surface area contributed by atoms with Gasteiger partial charge >= 0.3 is 0 Å². The van der Waals surface area contributed by atoms with E-state index in [0.717, 1.165) is 19.6 Å². The molecule has 0 aliphatic rings. The molecule has 1 unspecified atom stereocenters. The number of nitrogens with one attached hydrogen (secondary N) is 3. The van der Waals surface area contributed by atoms with Crippen LogP contribution in [0.3, 0.4) is 0 Å². The molecule has 0 heterocycles. The zero-order chi connectivity index (χ0) is 19.4. The first kappa shape index (κ1) is 22.3. The second-order valence-corrected chi connectivity index (χ2v) is 6.60. The summed E-state index contributed by atoms with van der Waals surface area (Å²) in [5, 5.41) is 9.73. The standard InChI is InChI=1S/C19H31ClN4O2/c1-5-26-17(14(2)3)10-11-23-19(21-4)24-13-12-22-18(25)15-8-6-7-9-16(15)20/h6-9,14,17H,5,10-13H2,1-4H3,(H,22,25)(H2,21,23,24). The summed E-state index contributed by atoms with van der Waals surface area (Å²) in [6, 6.07) is 6.99. The van der Waals surface area contributed by atoms with Gasteiger partial charge in [-0.15, -0.1) is 0 Å². The quantitative estimate of drug-likeness (QED) is 0.330. The molecule has 146 valence electrons. The topological polar surface area (TPSA) is 74.8 Å². The first-order valence-corrected chi connectivity index (χ1v) is 9.46. The molecule has 0 bridgehead atoms. The van der Waals surface area contributed by atoms with Gasteiger partial charge in [0, 0.05) is 33.3 Å². The average Bonchev–Trinajstić information content (AvgIpc) is 2.62. The maximum atomic E-state index is 12.1. The van der Waals surface area contributed by atoms with Crippen molar-refractivity contribution in [3.63, 3.8) is 0 Å². The Balaban J connectivity index is 2.28. The van der Waals surface area contributed by atoms with Gasteiger partial charge in [0.25, 0.3) is 5.91 Å². The fraction of sp³-hybridized carbons (Fsp3) is 0.579. The van der Waals surface area contributed by atoms with Gasteiger partial charge in [-0.05, 0) is 31.4 Å². The van der Waals surface area contributed by atoms with Crippen molar-refractivity contribution in [1.29, 1.82) is 0 Å². The van der Waals surface area contributed by atoms with Crippen LogP contribution >= 0.6 is 11.6 Å². The largest absolute Gasteiger partial charge is 0.378 e. The molecular formula is C19H31ClN4O2. The van der Waals surface area contributed by atoms with Crippen LogP contribution in [0.25, 0.3) is 0 Å². The van der Waals surface area contributed by atoms with Gasteiger partial charge in [-0.1, -0.05) is 37.6 Å². The van der Waals surface area contributed by atoms with E-state index in [0.29, 0.717) is 35.6 Å². The van der Waals surface area contributed by atoms with E-state index >= 15 is 0 Å². The molecule has 1 atom stereocenters. The van der Waals surface area contributed by atoms with E-state index in [1.165, 1.54) is 0 Å². The second kappa shape index (κ2) is 12.5. The number of hydrogen-bond donors (Lipinski definition) is 3. The van der Waals surface area contributed by atoms with Gasteiger partial charge in [0.2, 0.25) is 0 Å². The minimum Gasteiger partial charge on any atom is -0.378 e. The molecule has 0 saturated carbocycles. The Bertz CT molecular complexity index is 578. The van der Waals surface area contributed by atoms with Crippen LogP contribution in [0.15, 0.2) is 29.3 Å². The maximum Gasteiger partial charge on any atom is 0.252 e. The summed E-state index contributed by atoms with van der Waals surface area (Å²) in [6.07, 6.45) is 1.15. The van der Waals surface area contributed by atoms with Crippen LogP contribution in [0.4, 0.5) is 0 Å². The highest BCUT2D eigenvalue weighted by Gasteiger charge is 2.13. The summed E-state index contributed by atoms with van der Waals surface area (Å²) in [4.78, 5) is 16.3. The van der Waals surface area contributed by atoms with Crippen LogP contribution in [0.5, 0.6) is 0 Å². The number of guanidine groups is 1. The molecule has 7 heteroatoms. The average molecular weight is 383 g/mol. The number of ether oxygens (including phenoxy) is 1. The van der Waals surface area contributed by atoms with Crippen molar-refractivity contribution in [2.24, 2.45) is 10.9 Å². The minimum atomic E-state index is -0.183. The number of nitrogens with zero attached hydrogens (tertiary/aromatic N) is 1. The lowest BCUT2D eigenvalue weighted by atomic mass is 10.0. The highest BCUT2D eigenvalue weighted by Crippen LogP contribution is 2.14. The smallest absolute Gasteiger partial charge is 0.252 e. The number of hydrogen-bond acceptors (Lipinski definition) is 3. The molecule has 0 radical (unpaired) electrons. The number of amides is 1. The third-order valence-corrected chi connectivity index (χ3v) is 4.22. The molecule has 26 heavy (non-hydrogen) atoms. The van der Waals surface area contributed by atoms with E-state index in [4.69, 9.17) is 16.3 Å². The normalized spacial score (nSPS) is 12.8. The van der Waals surface area contributed by atoms with Gasteiger partial charge in [0.05, 0.1) is 16.7 Å². The van der Waals surface area contributed by atoms with Crippen molar-refractivity contribution in [1.82, 2.24) is 16.0 Å². The molecule has 0 aliphatic carbocycles. The zero-order valence-electron chi connectivity index (χ0n) is 16.1. The van der Waals surface area contributed by atoms with Crippen LogP contribution in [-0.2, 0) is 4.74 Å². The summed E-state index contributed by atoms with van der Waals surface area (Å²) < 4.78 is 5.74. The van der Waals surface area contributed by atoms with E-state index in [1.807, 2.05) is 6.92 Å². The van der Waals surface area contributed by atoms with Gasteiger partial charge in [-0.3, -0.25) is 9.79 Å².